The molecule has 1 heterocycles. The molecule has 2 rings (SSSR count). The van der Waals surface area contributed by atoms with Crippen LogP contribution in [-0.4, -0.2) is 62.2 Å². The van der Waals surface area contributed by atoms with Crippen molar-refractivity contribution in [3.8, 4) is 0 Å². The lowest BCUT2D eigenvalue weighted by Crippen LogP contribution is -2.52. The Morgan fingerprint density at radius 1 is 1.08 bits per heavy atom. The summed E-state index contributed by atoms with van der Waals surface area (Å²) in [4.78, 5) is 24.7. The molecule has 9 heteroatoms. The van der Waals surface area contributed by atoms with Crippen LogP contribution in [0.1, 0.15) is 18.1 Å². The first-order valence-corrected chi connectivity index (χ1v) is 9.49. The summed E-state index contributed by atoms with van der Waals surface area (Å²) >= 11 is 0. The molecule has 25 heavy (non-hydrogen) atoms. The summed E-state index contributed by atoms with van der Waals surface area (Å²) in [5.41, 5.74) is 6.15. The Labute approximate surface area is 148 Å². The molecule has 0 saturated carbocycles. The predicted molar refractivity (Wildman–Crippen MR) is 93.1 cm³/mol. The van der Waals surface area contributed by atoms with Crippen LogP contribution in [0.3, 0.4) is 0 Å². The van der Waals surface area contributed by atoms with E-state index in [9.17, 15) is 18.0 Å². The highest BCUT2D eigenvalue weighted by Gasteiger charge is 2.30. The molecule has 0 atom stereocenters. The molecular weight excluding hydrogens is 344 g/mol. The topological polar surface area (TPSA) is 98.8 Å². The molecule has 0 bridgehead atoms. The maximum Gasteiger partial charge on any atom is 0.252 e. The van der Waals surface area contributed by atoms with E-state index in [1.165, 1.54) is 11.2 Å². The lowest BCUT2D eigenvalue weighted by Gasteiger charge is -2.33. The summed E-state index contributed by atoms with van der Waals surface area (Å²) in [6.45, 7) is 6.62. The minimum atomic E-state index is -3.54. The molecule has 0 aliphatic carbocycles. The van der Waals surface area contributed by atoms with Crippen molar-refractivity contribution in [2.75, 3.05) is 32.7 Å². The summed E-state index contributed by atoms with van der Waals surface area (Å²) in [5, 5.41) is 0. The van der Waals surface area contributed by atoms with E-state index in [0.717, 1.165) is 11.1 Å². The number of hydrazine groups is 1. The van der Waals surface area contributed by atoms with Crippen molar-refractivity contribution < 1.29 is 18.0 Å². The highest BCUT2D eigenvalue weighted by molar-refractivity contribution is 7.89. The molecule has 0 unspecified atom stereocenters. The summed E-state index contributed by atoms with van der Waals surface area (Å²) < 4.78 is 27.1. The van der Waals surface area contributed by atoms with Gasteiger partial charge in [-0.15, -0.1) is 0 Å². The summed E-state index contributed by atoms with van der Waals surface area (Å²) in [6.07, 6.45) is 0. The second kappa shape index (κ2) is 7.94. The molecule has 1 aliphatic heterocycles. The van der Waals surface area contributed by atoms with E-state index in [1.807, 2.05) is 24.0 Å². The lowest BCUT2D eigenvalue weighted by atomic mass is 10.2. The number of hydrogen-bond donors (Lipinski definition) is 2. The molecule has 0 radical (unpaired) electrons. The maximum atomic E-state index is 12.8. The standard InChI is InChI=1S/C16H24N4O4S/c1-12-4-5-13(2)15(10-12)25(23,24)20-8-6-19(7-9-20)11-16(22)18-17-14(3)21/h4-5,10H,6-9,11H2,1-3H3,(H,17,21)(H,18,22). The quantitative estimate of drug-likeness (QED) is 0.716. The predicted octanol–water partition coefficient (Wildman–Crippen LogP) is -0.223. The molecule has 0 spiro atoms. The Morgan fingerprint density at radius 2 is 1.72 bits per heavy atom. The Kier molecular flexibility index (Phi) is 6.15. The van der Waals surface area contributed by atoms with Gasteiger partial charge < -0.3 is 0 Å². The average molecular weight is 368 g/mol. The van der Waals surface area contributed by atoms with Crippen molar-refractivity contribution >= 4 is 21.8 Å². The molecule has 1 aromatic rings. The number of hydrogen-bond acceptors (Lipinski definition) is 5. The second-order valence-electron chi connectivity index (χ2n) is 6.18. The van der Waals surface area contributed by atoms with Gasteiger partial charge in [0.05, 0.1) is 11.4 Å². The molecule has 8 nitrogen and oxygen atoms in total. The van der Waals surface area contributed by atoms with Gasteiger partial charge in [0.1, 0.15) is 0 Å². The number of aryl methyl sites for hydroxylation is 2. The van der Waals surface area contributed by atoms with Crippen LogP contribution >= 0.6 is 0 Å². The van der Waals surface area contributed by atoms with Gasteiger partial charge in [0.2, 0.25) is 15.9 Å². The fourth-order valence-electron chi connectivity index (χ4n) is 2.65. The highest BCUT2D eigenvalue weighted by atomic mass is 32.2. The van der Waals surface area contributed by atoms with E-state index in [4.69, 9.17) is 0 Å². The summed E-state index contributed by atoms with van der Waals surface area (Å²) in [5.74, 6) is -0.682. The van der Waals surface area contributed by atoms with Crippen molar-refractivity contribution in [3.63, 3.8) is 0 Å². The van der Waals surface area contributed by atoms with Gasteiger partial charge in [-0.05, 0) is 31.0 Å². The first-order chi connectivity index (χ1) is 11.7. The van der Waals surface area contributed by atoms with Crippen molar-refractivity contribution in [1.29, 1.82) is 0 Å². The minimum absolute atomic E-state index is 0.109. The Hall–Kier alpha value is -1.97. The van der Waals surface area contributed by atoms with Crippen LogP contribution in [0, 0.1) is 13.8 Å². The van der Waals surface area contributed by atoms with Crippen LogP contribution in [0.15, 0.2) is 23.1 Å². The molecule has 1 fully saturated rings. The second-order valence-corrected chi connectivity index (χ2v) is 8.08. The first kappa shape index (κ1) is 19.4. The highest BCUT2D eigenvalue weighted by Crippen LogP contribution is 2.22. The molecule has 0 aromatic heterocycles. The molecule has 1 aliphatic rings. The third kappa shape index (κ3) is 5.00. The number of carbonyl (C=O) groups excluding carboxylic acids is 2. The zero-order valence-corrected chi connectivity index (χ0v) is 15.5. The number of rotatable bonds is 4. The molecule has 2 amide bonds. The van der Waals surface area contributed by atoms with E-state index in [-0.39, 0.29) is 18.4 Å². The molecule has 138 valence electrons. The van der Waals surface area contributed by atoms with Gasteiger partial charge in [-0.3, -0.25) is 25.3 Å². The van der Waals surface area contributed by atoms with E-state index in [1.54, 1.807) is 13.0 Å². The maximum absolute atomic E-state index is 12.8. The van der Waals surface area contributed by atoms with Crippen molar-refractivity contribution in [1.82, 2.24) is 20.1 Å². The number of sulfonamides is 1. The SMILES string of the molecule is CC(=O)NNC(=O)CN1CCN(S(=O)(=O)c2cc(C)ccc2C)CC1. The van der Waals surface area contributed by atoms with Gasteiger partial charge in [-0.25, -0.2) is 8.42 Å². The van der Waals surface area contributed by atoms with E-state index in [0.29, 0.717) is 31.1 Å². The zero-order valence-electron chi connectivity index (χ0n) is 14.7. The molecule has 2 N–H and O–H groups in total. The van der Waals surface area contributed by atoms with Crippen LogP contribution in [0.4, 0.5) is 0 Å². The van der Waals surface area contributed by atoms with Gasteiger partial charge >= 0.3 is 0 Å². The van der Waals surface area contributed by atoms with Gasteiger partial charge in [-0.1, -0.05) is 12.1 Å². The fraction of sp³-hybridized carbons (Fsp3) is 0.500. The normalized spacial score (nSPS) is 16.4. The van der Waals surface area contributed by atoms with Crippen LogP contribution in [-0.2, 0) is 19.6 Å². The number of benzene rings is 1. The fourth-order valence-corrected chi connectivity index (χ4v) is 4.38. The number of nitrogens with zero attached hydrogens (tertiary/aromatic N) is 2. The number of nitrogens with one attached hydrogen (secondary N) is 2. The number of amides is 2. The van der Waals surface area contributed by atoms with Crippen molar-refractivity contribution in [2.24, 2.45) is 0 Å². The largest absolute Gasteiger partial charge is 0.292 e. The van der Waals surface area contributed by atoms with Crippen molar-refractivity contribution in [2.45, 2.75) is 25.7 Å². The number of carbonyl (C=O) groups is 2. The molecule has 1 saturated heterocycles. The van der Waals surface area contributed by atoms with E-state index in [2.05, 4.69) is 10.9 Å². The third-order valence-corrected chi connectivity index (χ3v) is 6.08. The van der Waals surface area contributed by atoms with Crippen molar-refractivity contribution in [3.05, 3.63) is 29.3 Å². The van der Waals surface area contributed by atoms with Gasteiger partial charge in [0.25, 0.3) is 5.91 Å². The Balaban J connectivity index is 1.96. The zero-order chi connectivity index (χ0) is 18.6. The average Bonchev–Trinajstić information content (AvgIpc) is 2.55. The van der Waals surface area contributed by atoms with Gasteiger partial charge in [0.15, 0.2) is 0 Å². The van der Waals surface area contributed by atoms with E-state index >= 15 is 0 Å². The Bertz CT molecular complexity index is 755. The van der Waals surface area contributed by atoms with Crippen LogP contribution < -0.4 is 10.9 Å². The number of piperazine rings is 1. The van der Waals surface area contributed by atoms with E-state index < -0.39 is 10.0 Å². The first-order valence-electron chi connectivity index (χ1n) is 8.05. The summed E-state index contributed by atoms with van der Waals surface area (Å²) in [7, 11) is -3.54. The van der Waals surface area contributed by atoms with Crippen LogP contribution in [0.25, 0.3) is 0 Å². The molecular formula is C16H24N4O4S. The minimum Gasteiger partial charge on any atom is -0.292 e. The van der Waals surface area contributed by atoms with Crippen LogP contribution in [0.5, 0.6) is 0 Å². The third-order valence-electron chi connectivity index (χ3n) is 4.04. The smallest absolute Gasteiger partial charge is 0.252 e. The Morgan fingerprint density at radius 3 is 2.32 bits per heavy atom. The van der Waals surface area contributed by atoms with Gasteiger partial charge in [0, 0.05) is 33.1 Å². The summed E-state index contributed by atoms with van der Waals surface area (Å²) in [6, 6.07) is 5.39. The monoisotopic (exact) mass is 368 g/mol. The lowest BCUT2D eigenvalue weighted by molar-refractivity contribution is -0.128. The van der Waals surface area contributed by atoms with Gasteiger partial charge in [-0.2, -0.15) is 4.31 Å². The molecule has 1 aromatic carbocycles. The van der Waals surface area contributed by atoms with Crippen LogP contribution in [0.2, 0.25) is 0 Å².